The van der Waals surface area contributed by atoms with Crippen LogP contribution >= 0.6 is 0 Å². The number of carbonyl (C=O) groups is 1. The largest absolute Gasteiger partial charge is 0.465 e. The van der Waals surface area contributed by atoms with E-state index < -0.39 is 29.9 Å². The zero-order chi connectivity index (χ0) is 30.7. The normalized spacial score (nSPS) is 18.4. The zero-order valence-corrected chi connectivity index (χ0v) is 23.2. The molecule has 2 aromatic carbocycles. The molecule has 5 rings (SSSR count). The van der Waals surface area contributed by atoms with Crippen LogP contribution in [0.3, 0.4) is 0 Å². The molecule has 2 N–H and O–H groups in total. The van der Waals surface area contributed by atoms with Crippen LogP contribution in [0.15, 0.2) is 42.6 Å². The summed E-state index contributed by atoms with van der Waals surface area (Å²) in [5.74, 6) is 0.163. The van der Waals surface area contributed by atoms with Gasteiger partial charge in [-0.3, -0.25) is 4.90 Å². The summed E-state index contributed by atoms with van der Waals surface area (Å²) in [4.78, 5) is 24.6. The van der Waals surface area contributed by atoms with E-state index >= 15 is 0 Å². The maximum absolute atomic E-state index is 13.7. The second kappa shape index (κ2) is 12.2. The van der Waals surface area contributed by atoms with E-state index in [2.05, 4.69) is 27.3 Å². The monoisotopic (exact) mass is 591 g/mol. The SMILES string of the molecule is CC[C@@H]1C[C@H](Nc2ncc(N3CCOCC3)c(Cc3cc(C#N)cc(C#N)c3)n2)c2cc(C(F)(F)F)ccc2N1C(=O)O. The van der Waals surface area contributed by atoms with Crippen LogP contribution in [-0.2, 0) is 17.3 Å². The van der Waals surface area contributed by atoms with E-state index in [0.29, 0.717) is 55.1 Å². The van der Waals surface area contributed by atoms with Crippen molar-refractivity contribution >= 4 is 23.4 Å². The van der Waals surface area contributed by atoms with Crippen molar-refractivity contribution in [2.24, 2.45) is 0 Å². The Balaban J connectivity index is 1.55. The number of halogens is 3. The lowest BCUT2D eigenvalue weighted by atomic mass is 9.89. The highest BCUT2D eigenvalue weighted by atomic mass is 19.4. The highest BCUT2D eigenvalue weighted by Gasteiger charge is 2.39. The first-order chi connectivity index (χ1) is 20.6. The highest BCUT2D eigenvalue weighted by molar-refractivity contribution is 5.89. The average Bonchev–Trinajstić information content (AvgIpc) is 3.00. The minimum absolute atomic E-state index is 0.163. The van der Waals surface area contributed by atoms with Gasteiger partial charge in [-0.1, -0.05) is 6.92 Å². The molecule has 2 aliphatic heterocycles. The Morgan fingerprint density at radius 1 is 1.12 bits per heavy atom. The average molecular weight is 592 g/mol. The second-order valence-corrected chi connectivity index (χ2v) is 10.4. The number of nitriles is 2. The van der Waals surface area contributed by atoms with Crippen molar-refractivity contribution in [2.75, 3.05) is 41.4 Å². The molecule has 2 aliphatic rings. The molecule has 43 heavy (non-hydrogen) atoms. The lowest BCUT2D eigenvalue weighted by molar-refractivity contribution is -0.137. The summed E-state index contributed by atoms with van der Waals surface area (Å²) in [5.41, 5.74) is 2.18. The van der Waals surface area contributed by atoms with Crippen molar-refractivity contribution in [3.05, 3.63) is 76.1 Å². The highest BCUT2D eigenvalue weighted by Crippen LogP contribution is 2.43. The second-order valence-electron chi connectivity index (χ2n) is 10.4. The molecule has 3 heterocycles. The number of amides is 1. The van der Waals surface area contributed by atoms with E-state index in [1.807, 2.05) is 6.92 Å². The predicted octanol–water partition coefficient (Wildman–Crippen LogP) is 5.49. The fourth-order valence-electron chi connectivity index (χ4n) is 5.63. The number of hydrogen-bond acceptors (Lipinski definition) is 8. The Labute approximate surface area is 246 Å². The molecular weight excluding hydrogens is 563 g/mol. The molecule has 0 unspecified atom stereocenters. The van der Waals surface area contributed by atoms with Crippen LogP contribution in [0.25, 0.3) is 0 Å². The first-order valence-corrected chi connectivity index (χ1v) is 13.7. The number of fused-ring (bicyclic) bond motifs is 1. The molecule has 222 valence electrons. The molecule has 0 aliphatic carbocycles. The van der Waals surface area contributed by atoms with Crippen LogP contribution in [0.5, 0.6) is 0 Å². The summed E-state index contributed by atoms with van der Waals surface area (Å²) < 4.78 is 46.5. The number of hydrogen-bond donors (Lipinski definition) is 2. The van der Waals surface area contributed by atoms with Gasteiger partial charge in [-0.25, -0.2) is 14.8 Å². The Morgan fingerprint density at radius 3 is 2.42 bits per heavy atom. The summed E-state index contributed by atoms with van der Waals surface area (Å²) in [6.07, 6.45) is -3.29. The zero-order valence-electron chi connectivity index (χ0n) is 23.2. The number of alkyl halides is 3. The van der Waals surface area contributed by atoms with Gasteiger partial charge in [0.15, 0.2) is 0 Å². The lowest BCUT2D eigenvalue weighted by Crippen LogP contribution is -2.45. The molecular formula is C30H28F3N7O3. The minimum Gasteiger partial charge on any atom is -0.465 e. The quantitative estimate of drug-likeness (QED) is 0.381. The summed E-state index contributed by atoms with van der Waals surface area (Å²) in [6, 6.07) is 10.9. The Hall–Kier alpha value is -4.88. The van der Waals surface area contributed by atoms with Gasteiger partial charge in [0.25, 0.3) is 0 Å². The number of carboxylic acid groups (broad SMARTS) is 1. The molecule has 3 aromatic rings. The molecule has 1 aromatic heterocycles. The van der Waals surface area contributed by atoms with E-state index in [9.17, 15) is 33.6 Å². The molecule has 1 fully saturated rings. The molecule has 1 amide bonds. The third-order valence-corrected chi connectivity index (χ3v) is 7.66. The number of nitrogens with one attached hydrogen (secondary N) is 1. The maximum Gasteiger partial charge on any atom is 0.416 e. The van der Waals surface area contributed by atoms with Gasteiger partial charge in [-0.2, -0.15) is 23.7 Å². The van der Waals surface area contributed by atoms with Crippen molar-refractivity contribution in [3.8, 4) is 12.1 Å². The number of benzene rings is 2. The van der Waals surface area contributed by atoms with Crippen molar-refractivity contribution in [1.82, 2.24) is 9.97 Å². The number of aromatic nitrogens is 2. The van der Waals surface area contributed by atoms with Gasteiger partial charge in [0, 0.05) is 25.6 Å². The van der Waals surface area contributed by atoms with Gasteiger partial charge in [0.2, 0.25) is 5.95 Å². The van der Waals surface area contributed by atoms with Gasteiger partial charge in [0.1, 0.15) is 0 Å². The van der Waals surface area contributed by atoms with Gasteiger partial charge in [-0.05, 0) is 60.4 Å². The van der Waals surface area contributed by atoms with Crippen molar-refractivity contribution in [1.29, 1.82) is 10.5 Å². The fourth-order valence-corrected chi connectivity index (χ4v) is 5.63. The number of anilines is 3. The Morgan fingerprint density at radius 2 is 1.81 bits per heavy atom. The third kappa shape index (κ3) is 6.32. The molecule has 13 heteroatoms. The molecule has 2 atom stereocenters. The van der Waals surface area contributed by atoms with Crippen LogP contribution < -0.4 is 15.1 Å². The first-order valence-electron chi connectivity index (χ1n) is 13.7. The standard InChI is InChI=1S/C30H28F3N7O3/c1-2-22-14-24(23-13-21(30(31,32)33)3-4-26(23)40(22)29(41)42)37-28-36-17-27(39-5-7-43-8-6-39)25(38-28)12-18-9-19(15-34)11-20(10-18)16-35/h3-4,9-11,13,17,22,24H,2,5-8,12,14H2,1H3,(H,41,42)(H,36,37,38)/t22-,24+/m1/s1. The Kier molecular flexibility index (Phi) is 8.37. The van der Waals surface area contributed by atoms with Gasteiger partial charge >= 0.3 is 12.3 Å². The summed E-state index contributed by atoms with van der Waals surface area (Å²) >= 11 is 0. The summed E-state index contributed by atoms with van der Waals surface area (Å²) in [7, 11) is 0. The van der Waals surface area contributed by atoms with Crippen molar-refractivity contribution in [2.45, 2.75) is 44.4 Å². The third-order valence-electron chi connectivity index (χ3n) is 7.66. The summed E-state index contributed by atoms with van der Waals surface area (Å²) in [5, 5.41) is 32.0. The van der Waals surface area contributed by atoms with E-state index in [4.69, 9.17) is 9.72 Å². The number of nitrogens with zero attached hydrogens (tertiary/aromatic N) is 6. The van der Waals surface area contributed by atoms with E-state index in [1.165, 1.54) is 12.1 Å². The lowest BCUT2D eigenvalue weighted by Gasteiger charge is -2.39. The fraction of sp³-hybridized carbons (Fsp3) is 0.367. The Bertz CT molecular complexity index is 1580. The van der Waals surface area contributed by atoms with Crippen LogP contribution in [0.4, 0.5) is 35.3 Å². The molecule has 0 radical (unpaired) electrons. The molecule has 10 nitrogen and oxygen atoms in total. The predicted molar refractivity (Wildman–Crippen MR) is 151 cm³/mol. The van der Waals surface area contributed by atoms with Gasteiger partial charge < -0.3 is 20.1 Å². The van der Waals surface area contributed by atoms with Gasteiger partial charge in [0.05, 0.1) is 71.3 Å². The van der Waals surface area contributed by atoms with E-state index in [-0.39, 0.29) is 30.0 Å². The number of ether oxygens (including phenoxy) is 1. The number of rotatable bonds is 6. The van der Waals surface area contributed by atoms with Crippen LogP contribution in [0, 0.1) is 22.7 Å². The van der Waals surface area contributed by atoms with Crippen LogP contribution in [0.2, 0.25) is 0 Å². The molecule has 0 saturated carbocycles. The van der Waals surface area contributed by atoms with E-state index in [1.54, 1.807) is 18.3 Å². The smallest absolute Gasteiger partial charge is 0.416 e. The van der Waals surface area contributed by atoms with Gasteiger partial charge in [-0.15, -0.1) is 0 Å². The number of morpholine rings is 1. The topological polar surface area (TPSA) is 138 Å². The molecule has 0 spiro atoms. The summed E-state index contributed by atoms with van der Waals surface area (Å²) in [6.45, 7) is 4.06. The van der Waals surface area contributed by atoms with E-state index in [0.717, 1.165) is 22.7 Å². The minimum atomic E-state index is -4.61. The first kappa shape index (κ1) is 29.6. The molecule has 1 saturated heterocycles. The van der Waals surface area contributed by atoms with Crippen molar-refractivity contribution in [3.63, 3.8) is 0 Å². The van der Waals surface area contributed by atoms with Crippen LogP contribution in [0.1, 0.15) is 59.3 Å². The molecule has 0 bridgehead atoms. The maximum atomic E-state index is 13.7. The van der Waals surface area contributed by atoms with Crippen molar-refractivity contribution < 1.29 is 27.8 Å². The van der Waals surface area contributed by atoms with Crippen LogP contribution in [-0.4, -0.2) is 53.5 Å².